The number of nitrogens with zero attached hydrogens (tertiary/aromatic N) is 3. The average molecular weight is 388 g/mol. The van der Waals surface area contributed by atoms with Crippen LogP contribution in [0.15, 0.2) is 59.2 Å². The lowest BCUT2D eigenvalue weighted by atomic mass is 10.1. The minimum Gasteiger partial charge on any atom is -0.353 e. The van der Waals surface area contributed by atoms with Crippen LogP contribution in [0.5, 0.6) is 0 Å². The first-order chi connectivity index (χ1) is 11.7. The van der Waals surface area contributed by atoms with Crippen LogP contribution in [0.1, 0.15) is 5.56 Å². The smallest absolute Gasteiger partial charge is 0.244 e. The number of halogens is 2. The molecule has 0 unspecified atom stereocenters. The van der Waals surface area contributed by atoms with Crippen molar-refractivity contribution in [1.82, 2.24) is 15.2 Å². The summed E-state index contributed by atoms with van der Waals surface area (Å²) < 4.78 is 14.5. The maximum Gasteiger partial charge on any atom is 0.244 e. The number of hydrogen-bond donors (Lipinski definition) is 2. The van der Waals surface area contributed by atoms with Crippen molar-refractivity contribution < 1.29 is 4.39 Å². The van der Waals surface area contributed by atoms with Gasteiger partial charge in [-0.1, -0.05) is 40.2 Å². The zero-order chi connectivity index (χ0) is 16.8. The molecule has 0 spiro atoms. The van der Waals surface area contributed by atoms with Crippen LogP contribution in [0.25, 0.3) is 0 Å². The van der Waals surface area contributed by atoms with Crippen molar-refractivity contribution in [1.29, 1.82) is 0 Å². The monoisotopic (exact) mass is 387 g/mol. The Labute approximate surface area is 147 Å². The van der Waals surface area contributed by atoms with Gasteiger partial charge in [0.1, 0.15) is 5.82 Å². The summed E-state index contributed by atoms with van der Waals surface area (Å²) in [5, 5.41) is 14.1. The van der Waals surface area contributed by atoms with Gasteiger partial charge in [0.25, 0.3) is 0 Å². The maximum absolute atomic E-state index is 13.6. The first-order valence-electron chi connectivity index (χ1n) is 7.40. The van der Waals surface area contributed by atoms with Crippen LogP contribution in [0, 0.1) is 5.82 Å². The standard InChI is InChI=1S/C17H15BrFN5/c18-13-5-3-6-14(10-13)22-16-11-21-24-17(23-16)20-9-8-12-4-1-2-7-15(12)19/h1-7,10-11H,8-9H2,(H2,20,22,23,24). The second-order valence-electron chi connectivity index (χ2n) is 5.07. The van der Waals surface area contributed by atoms with E-state index in [0.717, 1.165) is 10.2 Å². The van der Waals surface area contributed by atoms with Gasteiger partial charge in [-0.3, -0.25) is 0 Å². The van der Waals surface area contributed by atoms with E-state index in [1.54, 1.807) is 18.3 Å². The summed E-state index contributed by atoms with van der Waals surface area (Å²) in [5.74, 6) is 0.770. The fourth-order valence-corrected chi connectivity index (χ4v) is 2.56. The average Bonchev–Trinajstić information content (AvgIpc) is 2.57. The zero-order valence-electron chi connectivity index (χ0n) is 12.7. The third-order valence-corrected chi connectivity index (χ3v) is 3.78. The SMILES string of the molecule is Fc1ccccc1CCNc1nncc(Nc2cccc(Br)c2)n1. The van der Waals surface area contributed by atoms with Crippen molar-refractivity contribution >= 4 is 33.4 Å². The molecule has 3 rings (SSSR count). The highest BCUT2D eigenvalue weighted by Crippen LogP contribution is 2.19. The fraction of sp³-hybridized carbons (Fsp3) is 0.118. The van der Waals surface area contributed by atoms with Gasteiger partial charge in [-0.2, -0.15) is 10.1 Å². The van der Waals surface area contributed by atoms with Gasteiger partial charge in [-0.25, -0.2) is 4.39 Å². The first kappa shape index (κ1) is 16.3. The molecule has 2 aromatic carbocycles. The van der Waals surface area contributed by atoms with Gasteiger partial charge < -0.3 is 10.6 Å². The Morgan fingerprint density at radius 2 is 1.96 bits per heavy atom. The Morgan fingerprint density at radius 3 is 2.79 bits per heavy atom. The highest BCUT2D eigenvalue weighted by Gasteiger charge is 2.03. The van der Waals surface area contributed by atoms with E-state index in [2.05, 4.69) is 41.7 Å². The maximum atomic E-state index is 13.6. The van der Waals surface area contributed by atoms with E-state index >= 15 is 0 Å². The number of hydrogen-bond acceptors (Lipinski definition) is 5. The Hall–Kier alpha value is -2.54. The lowest BCUT2D eigenvalue weighted by Crippen LogP contribution is -2.10. The molecular formula is C17H15BrFN5. The molecular weight excluding hydrogens is 373 g/mol. The van der Waals surface area contributed by atoms with Crippen molar-refractivity contribution in [2.45, 2.75) is 6.42 Å². The molecule has 122 valence electrons. The second kappa shape index (κ2) is 7.83. The van der Waals surface area contributed by atoms with Crippen LogP contribution in [0.4, 0.5) is 21.8 Å². The third kappa shape index (κ3) is 4.48. The largest absolute Gasteiger partial charge is 0.353 e. The molecule has 0 radical (unpaired) electrons. The molecule has 0 aliphatic heterocycles. The van der Waals surface area contributed by atoms with E-state index < -0.39 is 0 Å². The molecule has 0 amide bonds. The minimum absolute atomic E-state index is 0.205. The van der Waals surface area contributed by atoms with Crippen molar-refractivity contribution in [2.75, 3.05) is 17.2 Å². The molecule has 3 aromatic rings. The van der Waals surface area contributed by atoms with Crippen LogP contribution < -0.4 is 10.6 Å². The summed E-state index contributed by atoms with van der Waals surface area (Å²) in [6.45, 7) is 0.517. The van der Waals surface area contributed by atoms with E-state index in [0.29, 0.717) is 30.3 Å². The van der Waals surface area contributed by atoms with Crippen LogP contribution in [-0.4, -0.2) is 21.7 Å². The molecule has 1 aromatic heterocycles. The summed E-state index contributed by atoms with van der Waals surface area (Å²) in [7, 11) is 0. The lowest BCUT2D eigenvalue weighted by molar-refractivity contribution is 0.610. The van der Waals surface area contributed by atoms with Gasteiger partial charge in [0.2, 0.25) is 5.95 Å². The third-order valence-electron chi connectivity index (χ3n) is 3.29. The van der Waals surface area contributed by atoms with Gasteiger partial charge in [-0.05, 0) is 36.2 Å². The summed E-state index contributed by atoms with van der Waals surface area (Å²) >= 11 is 3.42. The zero-order valence-corrected chi connectivity index (χ0v) is 14.3. The molecule has 24 heavy (non-hydrogen) atoms. The number of benzene rings is 2. The quantitative estimate of drug-likeness (QED) is 0.664. The number of nitrogens with one attached hydrogen (secondary N) is 2. The number of aromatic nitrogens is 3. The van der Waals surface area contributed by atoms with Crippen molar-refractivity contribution in [3.05, 3.63) is 70.6 Å². The molecule has 2 N–H and O–H groups in total. The van der Waals surface area contributed by atoms with Crippen LogP contribution in [0.2, 0.25) is 0 Å². The number of anilines is 3. The highest BCUT2D eigenvalue weighted by molar-refractivity contribution is 9.10. The molecule has 0 bridgehead atoms. The molecule has 0 aliphatic carbocycles. The van der Waals surface area contributed by atoms with E-state index in [1.807, 2.05) is 30.3 Å². The molecule has 0 fully saturated rings. The second-order valence-corrected chi connectivity index (χ2v) is 5.98. The van der Waals surface area contributed by atoms with Crippen molar-refractivity contribution in [3.8, 4) is 0 Å². The van der Waals surface area contributed by atoms with E-state index in [4.69, 9.17) is 0 Å². The Morgan fingerprint density at radius 1 is 1.08 bits per heavy atom. The predicted molar refractivity (Wildman–Crippen MR) is 95.8 cm³/mol. The summed E-state index contributed by atoms with van der Waals surface area (Å²) in [6, 6.07) is 14.5. The van der Waals surface area contributed by atoms with Gasteiger partial charge >= 0.3 is 0 Å². The van der Waals surface area contributed by atoms with Gasteiger partial charge in [0.15, 0.2) is 5.82 Å². The molecule has 7 heteroatoms. The molecule has 0 saturated carbocycles. The Kier molecular flexibility index (Phi) is 5.32. The molecule has 5 nitrogen and oxygen atoms in total. The van der Waals surface area contributed by atoms with E-state index in [1.165, 1.54) is 6.07 Å². The van der Waals surface area contributed by atoms with Crippen LogP contribution >= 0.6 is 15.9 Å². The summed E-state index contributed by atoms with van der Waals surface area (Å²) in [5.41, 5.74) is 1.54. The first-order valence-corrected chi connectivity index (χ1v) is 8.19. The molecule has 0 aliphatic rings. The topological polar surface area (TPSA) is 62.7 Å². The van der Waals surface area contributed by atoms with E-state index in [-0.39, 0.29) is 5.82 Å². The van der Waals surface area contributed by atoms with Gasteiger partial charge in [0, 0.05) is 16.7 Å². The molecule has 0 atom stereocenters. The van der Waals surface area contributed by atoms with Gasteiger partial charge in [0.05, 0.1) is 6.20 Å². The summed E-state index contributed by atoms with van der Waals surface area (Å²) in [4.78, 5) is 4.35. The Bertz CT molecular complexity index is 827. The molecule has 0 saturated heterocycles. The van der Waals surface area contributed by atoms with Crippen LogP contribution in [-0.2, 0) is 6.42 Å². The normalized spacial score (nSPS) is 10.4. The van der Waals surface area contributed by atoms with Crippen LogP contribution in [0.3, 0.4) is 0 Å². The minimum atomic E-state index is -0.205. The van der Waals surface area contributed by atoms with E-state index in [9.17, 15) is 4.39 Å². The lowest BCUT2D eigenvalue weighted by Gasteiger charge is -2.08. The predicted octanol–water partition coefficient (Wildman–Crippen LogP) is 4.17. The fourth-order valence-electron chi connectivity index (χ4n) is 2.16. The highest BCUT2D eigenvalue weighted by atomic mass is 79.9. The Balaban J connectivity index is 1.60. The van der Waals surface area contributed by atoms with Gasteiger partial charge in [-0.15, -0.1) is 5.10 Å². The molecule has 1 heterocycles. The van der Waals surface area contributed by atoms with Crippen molar-refractivity contribution in [3.63, 3.8) is 0 Å². The van der Waals surface area contributed by atoms with Crippen molar-refractivity contribution in [2.24, 2.45) is 0 Å². The summed E-state index contributed by atoms with van der Waals surface area (Å²) in [6.07, 6.45) is 2.09. The number of rotatable bonds is 6.